The molecule has 0 N–H and O–H groups in total. The maximum atomic E-state index is 12.6. The molecule has 1 aromatic heterocycles. The molecule has 1 fully saturated rings. The average molecular weight is 183 g/mol. The SMILES string of the molecule is CC(C)c1cn(C2(CF)CC2)nn1. The van der Waals surface area contributed by atoms with Crippen molar-refractivity contribution in [2.45, 2.75) is 38.1 Å². The lowest BCUT2D eigenvalue weighted by atomic mass is 10.1. The van der Waals surface area contributed by atoms with Crippen molar-refractivity contribution in [2.24, 2.45) is 0 Å². The molecule has 13 heavy (non-hydrogen) atoms. The van der Waals surface area contributed by atoms with Gasteiger partial charge in [-0.15, -0.1) is 5.10 Å². The predicted octanol–water partition coefficient (Wildman–Crippen LogP) is 1.86. The molecule has 1 aliphatic rings. The van der Waals surface area contributed by atoms with Crippen LogP contribution in [0.4, 0.5) is 4.39 Å². The highest BCUT2D eigenvalue weighted by Crippen LogP contribution is 2.43. The molecule has 1 aliphatic carbocycles. The Labute approximate surface area is 76.9 Å². The molecule has 0 aromatic carbocycles. The lowest BCUT2D eigenvalue weighted by Crippen LogP contribution is -2.19. The zero-order chi connectivity index (χ0) is 9.47. The number of alkyl halides is 1. The standard InChI is InChI=1S/C9H14FN3/c1-7(2)8-5-13(12-11-8)9(6-10)3-4-9/h5,7H,3-4,6H2,1-2H3. The fraction of sp³-hybridized carbons (Fsp3) is 0.778. The monoisotopic (exact) mass is 183 g/mol. The Kier molecular flexibility index (Phi) is 1.86. The topological polar surface area (TPSA) is 30.7 Å². The van der Waals surface area contributed by atoms with Gasteiger partial charge in [-0.1, -0.05) is 19.1 Å². The van der Waals surface area contributed by atoms with Crippen LogP contribution in [-0.4, -0.2) is 21.7 Å². The van der Waals surface area contributed by atoms with E-state index in [1.54, 1.807) is 4.68 Å². The van der Waals surface area contributed by atoms with Gasteiger partial charge in [-0.25, -0.2) is 9.07 Å². The average Bonchev–Trinajstić information content (AvgIpc) is 2.75. The van der Waals surface area contributed by atoms with Crippen LogP contribution >= 0.6 is 0 Å². The molecule has 72 valence electrons. The molecule has 1 aromatic rings. The Morgan fingerprint density at radius 2 is 2.31 bits per heavy atom. The van der Waals surface area contributed by atoms with Crippen LogP contribution in [0, 0.1) is 0 Å². The molecule has 0 unspecified atom stereocenters. The lowest BCUT2D eigenvalue weighted by molar-refractivity contribution is 0.309. The normalized spacial score (nSPS) is 19.4. The van der Waals surface area contributed by atoms with Crippen LogP contribution < -0.4 is 0 Å². The first kappa shape index (κ1) is 8.66. The van der Waals surface area contributed by atoms with Crippen molar-refractivity contribution in [1.82, 2.24) is 15.0 Å². The first-order chi connectivity index (χ1) is 6.18. The number of nitrogens with zero attached hydrogens (tertiary/aromatic N) is 3. The van der Waals surface area contributed by atoms with E-state index in [1.165, 1.54) is 0 Å². The van der Waals surface area contributed by atoms with Gasteiger partial charge in [0.1, 0.15) is 6.67 Å². The molecule has 1 heterocycles. The summed E-state index contributed by atoms with van der Waals surface area (Å²) >= 11 is 0. The van der Waals surface area contributed by atoms with Crippen LogP contribution in [0.1, 0.15) is 38.3 Å². The third-order valence-corrected chi connectivity index (χ3v) is 2.66. The first-order valence-electron chi connectivity index (χ1n) is 4.67. The summed E-state index contributed by atoms with van der Waals surface area (Å²) in [5.74, 6) is 0.365. The van der Waals surface area contributed by atoms with Crippen LogP contribution in [0.3, 0.4) is 0 Å². The Bertz CT molecular complexity index is 302. The van der Waals surface area contributed by atoms with Gasteiger partial charge in [0.15, 0.2) is 0 Å². The fourth-order valence-corrected chi connectivity index (χ4v) is 1.34. The van der Waals surface area contributed by atoms with Gasteiger partial charge in [-0.2, -0.15) is 0 Å². The summed E-state index contributed by atoms with van der Waals surface area (Å²) in [5.41, 5.74) is 0.611. The van der Waals surface area contributed by atoms with Crippen LogP contribution in [0.25, 0.3) is 0 Å². The summed E-state index contributed by atoms with van der Waals surface area (Å²) in [6, 6.07) is 0. The minimum Gasteiger partial charge on any atom is -0.248 e. The van der Waals surface area contributed by atoms with Gasteiger partial charge < -0.3 is 0 Å². The zero-order valence-corrected chi connectivity index (χ0v) is 8.00. The van der Waals surface area contributed by atoms with Gasteiger partial charge >= 0.3 is 0 Å². The highest BCUT2D eigenvalue weighted by molar-refractivity contribution is 5.05. The van der Waals surface area contributed by atoms with E-state index in [2.05, 4.69) is 24.2 Å². The third-order valence-electron chi connectivity index (χ3n) is 2.66. The van der Waals surface area contributed by atoms with Gasteiger partial charge in [0.2, 0.25) is 0 Å². The second kappa shape index (κ2) is 2.79. The molecule has 0 amide bonds. The Balaban J connectivity index is 2.23. The molecule has 0 atom stereocenters. The molecule has 2 rings (SSSR count). The van der Waals surface area contributed by atoms with Crippen molar-refractivity contribution in [3.63, 3.8) is 0 Å². The quantitative estimate of drug-likeness (QED) is 0.716. The van der Waals surface area contributed by atoms with Gasteiger partial charge in [0, 0.05) is 6.20 Å². The first-order valence-corrected chi connectivity index (χ1v) is 4.67. The molecule has 0 bridgehead atoms. The van der Waals surface area contributed by atoms with E-state index in [-0.39, 0.29) is 12.2 Å². The summed E-state index contributed by atoms with van der Waals surface area (Å²) in [6.45, 7) is 3.79. The van der Waals surface area contributed by atoms with E-state index in [4.69, 9.17) is 0 Å². The van der Waals surface area contributed by atoms with Crippen molar-refractivity contribution >= 4 is 0 Å². The fourth-order valence-electron chi connectivity index (χ4n) is 1.34. The smallest absolute Gasteiger partial charge is 0.115 e. The number of aromatic nitrogens is 3. The highest BCUT2D eigenvalue weighted by atomic mass is 19.1. The maximum Gasteiger partial charge on any atom is 0.115 e. The molecule has 0 saturated heterocycles. The summed E-state index contributed by atoms with van der Waals surface area (Å²) in [4.78, 5) is 0. The number of hydrogen-bond donors (Lipinski definition) is 0. The summed E-state index contributed by atoms with van der Waals surface area (Å²) < 4.78 is 14.3. The predicted molar refractivity (Wildman–Crippen MR) is 47.3 cm³/mol. The molecular weight excluding hydrogens is 169 g/mol. The van der Waals surface area contributed by atoms with Crippen molar-refractivity contribution in [3.8, 4) is 0 Å². The highest BCUT2D eigenvalue weighted by Gasteiger charge is 2.46. The van der Waals surface area contributed by atoms with Crippen molar-refractivity contribution in [2.75, 3.05) is 6.67 Å². The maximum absolute atomic E-state index is 12.6. The van der Waals surface area contributed by atoms with E-state index >= 15 is 0 Å². The third kappa shape index (κ3) is 1.34. The molecule has 1 saturated carbocycles. The van der Waals surface area contributed by atoms with Crippen LogP contribution in [0.2, 0.25) is 0 Å². The van der Waals surface area contributed by atoms with Crippen molar-refractivity contribution < 1.29 is 4.39 Å². The minimum atomic E-state index is -0.333. The van der Waals surface area contributed by atoms with Crippen molar-refractivity contribution in [1.29, 1.82) is 0 Å². The summed E-state index contributed by atoms with van der Waals surface area (Å²) in [5, 5.41) is 7.99. The van der Waals surface area contributed by atoms with Gasteiger partial charge in [-0.05, 0) is 18.8 Å². The Morgan fingerprint density at radius 1 is 1.62 bits per heavy atom. The lowest BCUT2D eigenvalue weighted by Gasteiger charge is -2.08. The van der Waals surface area contributed by atoms with Crippen LogP contribution in [-0.2, 0) is 5.54 Å². The Hall–Kier alpha value is -0.930. The zero-order valence-electron chi connectivity index (χ0n) is 8.00. The van der Waals surface area contributed by atoms with E-state index in [1.807, 2.05) is 6.20 Å². The number of rotatable bonds is 3. The van der Waals surface area contributed by atoms with Crippen LogP contribution in [0.5, 0.6) is 0 Å². The number of halogens is 1. The van der Waals surface area contributed by atoms with Gasteiger partial charge in [0.05, 0.1) is 11.2 Å². The summed E-state index contributed by atoms with van der Waals surface area (Å²) in [7, 11) is 0. The minimum absolute atomic E-state index is 0.326. The molecular formula is C9H14FN3. The van der Waals surface area contributed by atoms with Crippen molar-refractivity contribution in [3.05, 3.63) is 11.9 Å². The number of hydrogen-bond acceptors (Lipinski definition) is 2. The molecule has 0 aliphatic heterocycles. The van der Waals surface area contributed by atoms with E-state index in [0.29, 0.717) is 5.92 Å². The molecule has 0 spiro atoms. The van der Waals surface area contributed by atoms with Gasteiger partial charge in [-0.3, -0.25) is 0 Å². The summed E-state index contributed by atoms with van der Waals surface area (Å²) in [6.07, 6.45) is 3.66. The molecule has 3 nitrogen and oxygen atoms in total. The van der Waals surface area contributed by atoms with E-state index < -0.39 is 0 Å². The Morgan fingerprint density at radius 3 is 2.69 bits per heavy atom. The van der Waals surface area contributed by atoms with E-state index in [9.17, 15) is 4.39 Å². The van der Waals surface area contributed by atoms with Crippen LogP contribution in [0.15, 0.2) is 6.20 Å². The molecule has 4 heteroatoms. The molecule has 0 radical (unpaired) electrons. The van der Waals surface area contributed by atoms with Gasteiger partial charge in [0.25, 0.3) is 0 Å². The second-order valence-corrected chi connectivity index (χ2v) is 4.10. The van der Waals surface area contributed by atoms with E-state index in [0.717, 1.165) is 18.5 Å². The second-order valence-electron chi connectivity index (χ2n) is 4.10. The largest absolute Gasteiger partial charge is 0.248 e.